The van der Waals surface area contributed by atoms with E-state index >= 15 is 0 Å². The first-order valence-corrected chi connectivity index (χ1v) is 6.76. The maximum atomic E-state index is 5.90. The molecule has 0 amide bonds. The Morgan fingerprint density at radius 3 is 2.50 bits per heavy atom. The number of hydrogen-bond donors (Lipinski definition) is 0. The Morgan fingerprint density at radius 2 is 1.94 bits per heavy atom. The minimum absolute atomic E-state index is 0.00270. The summed E-state index contributed by atoms with van der Waals surface area (Å²) in [5.41, 5.74) is 2.33. The van der Waals surface area contributed by atoms with Crippen molar-refractivity contribution in [1.82, 2.24) is 8.75 Å². The van der Waals surface area contributed by atoms with Crippen molar-refractivity contribution in [2.24, 2.45) is 0 Å². The lowest BCUT2D eigenvalue weighted by molar-refractivity contribution is 0.443. The number of aromatic nitrogens is 2. The van der Waals surface area contributed by atoms with Crippen molar-refractivity contribution in [2.75, 3.05) is 0 Å². The zero-order valence-electron chi connectivity index (χ0n) is 10.8. The third-order valence-corrected chi connectivity index (χ3v) is 3.43. The topological polar surface area (TPSA) is 35.0 Å². The van der Waals surface area contributed by atoms with Gasteiger partial charge in [0.2, 0.25) is 5.15 Å². The fourth-order valence-corrected chi connectivity index (χ4v) is 2.27. The quantitative estimate of drug-likeness (QED) is 0.808. The molecule has 0 aliphatic carbocycles. The summed E-state index contributed by atoms with van der Waals surface area (Å²) in [5.74, 6) is 1.15. The van der Waals surface area contributed by atoms with Crippen LogP contribution in [0.25, 0.3) is 0 Å². The Balaban J connectivity index is 2.42. The second kappa shape index (κ2) is 4.86. The molecule has 2 rings (SSSR count). The second-order valence-electron chi connectivity index (χ2n) is 5.21. The molecular formula is C13H15ClN2OS. The van der Waals surface area contributed by atoms with Crippen LogP contribution in [0, 0.1) is 6.92 Å². The van der Waals surface area contributed by atoms with E-state index in [0.29, 0.717) is 11.0 Å². The first kappa shape index (κ1) is 13.3. The molecule has 0 saturated carbocycles. The summed E-state index contributed by atoms with van der Waals surface area (Å²) in [5, 5.41) is 0.306. The second-order valence-corrected chi connectivity index (χ2v) is 6.10. The minimum atomic E-state index is -0.00270. The SMILES string of the molecule is Cc1ccc(Oc2nsnc2Cl)c(C(C)(C)C)c1. The lowest BCUT2D eigenvalue weighted by atomic mass is 9.85. The number of benzene rings is 1. The molecule has 2 aromatic rings. The predicted molar refractivity (Wildman–Crippen MR) is 74.9 cm³/mol. The molecule has 1 aromatic carbocycles. The first-order valence-electron chi connectivity index (χ1n) is 5.65. The maximum absolute atomic E-state index is 5.90. The van der Waals surface area contributed by atoms with Crippen LogP contribution in [0.15, 0.2) is 18.2 Å². The molecule has 0 atom stereocenters. The van der Waals surface area contributed by atoms with Gasteiger partial charge < -0.3 is 4.74 Å². The molecule has 96 valence electrons. The fraction of sp³-hybridized carbons (Fsp3) is 0.385. The van der Waals surface area contributed by atoms with E-state index in [4.69, 9.17) is 16.3 Å². The molecule has 0 fully saturated rings. The number of rotatable bonds is 2. The van der Waals surface area contributed by atoms with E-state index in [1.54, 1.807) is 0 Å². The predicted octanol–water partition coefficient (Wildman–Crippen LogP) is 4.59. The monoisotopic (exact) mass is 282 g/mol. The fourth-order valence-electron chi connectivity index (χ4n) is 1.65. The van der Waals surface area contributed by atoms with Crippen LogP contribution < -0.4 is 4.74 Å². The Hall–Kier alpha value is -1.13. The Labute approximate surface area is 116 Å². The van der Waals surface area contributed by atoms with Gasteiger partial charge in [-0.25, -0.2) is 0 Å². The lowest BCUT2D eigenvalue weighted by Crippen LogP contribution is -2.12. The third kappa shape index (κ3) is 2.82. The van der Waals surface area contributed by atoms with Gasteiger partial charge in [-0.2, -0.15) is 4.37 Å². The number of halogens is 1. The normalized spacial score (nSPS) is 11.6. The maximum Gasteiger partial charge on any atom is 0.270 e. The van der Waals surface area contributed by atoms with Crippen molar-refractivity contribution < 1.29 is 4.74 Å². The van der Waals surface area contributed by atoms with Crippen molar-refractivity contribution in [3.05, 3.63) is 34.5 Å². The smallest absolute Gasteiger partial charge is 0.270 e. The van der Waals surface area contributed by atoms with Crippen molar-refractivity contribution in [3.8, 4) is 11.6 Å². The number of nitrogens with zero attached hydrogens (tertiary/aromatic N) is 2. The molecule has 0 spiro atoms. The van der Waals surface area contributed by atoms with Crippen LogP contribution >= 0.6 is 23.3 Å². The van der Waals surface area contributed by atoms with E-state index < -0.39 is 0 Å². The highest BCUT2D eigenvalue weighted by molar-refractivity contribution is 6.99. The number of hydrogen-bond acceptors (Lipinski definition) is 4. The van der Waals surface area contributed by atoms with Crippen LogP contribution in [-0.2, 0) is 5.41 Å². The summed E-state index contributed by atoms with van der Waals surface area (Å²) in [4.78, 5) is 0. The molecule has 1 aromatic heterocycles. The van der Waals surface area contributed by atoms with E-state index in [0.717, 1.165) is 23.0 Å². The van der Waals surface area contributed by atoms with Crippen LogP contribution in [-0.4, -0.2) is 8.75 Å². The van der Waals surface area contributed by atoms with E-state index in [-0.39, 0.29) is 5.41 Å². The van der Waals surface area contributed by atoms with Gasteiger partial charge in [0.15, 0.2) is 0 Å². The lowest BCUT2D eigenvalue weighted by Gasteiger charge is -2.22. The largest absolute Gasteiger partial charge is 0.435 e. The molecule has 3 nitrogen and oxygen atoms in total. The summed E-state index contributed by atoms with van der Waals surface area (Å²) in [6.45, 7) is 8.51. The Morgan fingerprint density at radius 1 is 1.22 bits per heavy atom. The van der Waals surface area contributed by atoms with Crippen LogP contribution in [0.3, 0.4) is 0 Å². The van der Waals surface area contributed by atoms with Crippen molar-refractivity contribution >= 4 is 23.3 Å². The molecule has 0 aliphatic heterocycles. The average Bonchev–Trinajstić information content (AvgIpc) is 2.66. The average molecular weight is 283 g/mol. The van der Waals surface area contributed by atoms with Gasteiger partial charge in [0.05, 0.1) is 11.7 Å². The van der Waals surface area contributed by atoms with Crippen molar-refractivity contribution in [3.63, 3.8) is 0 Å². The highest BCUT2D eigenvalue weighted by Gasteiger charge is 2.20. The van der Waals surface area contributed by atoms with Gasteiger partial charge >= 0.3 is 0 Å². The van der Waals surface area contributed by atoms with E-state index in [1.807, 2.05) is 12.1 Å². The van der Waals surface area contributed by atoms with Crippen LogP contribution in [0.4, 0.5) is 0 Å². The van der Waals surface area contributed by atoms with E-state index in [2.05, 4.69) is 42.5 Å². The van der Waals surface area contributed by atoms with Crippen molar-refractivity contribution in [2.45, 2.75) is 33.1 Å². The highest BCUT2D eigenvalue weighted by Crippen LogP contribution is 2.36. The van der Waals surface area contributed by atoms with Gasteiger partial charge in [0.25, 0.3) is 5.88 Å². The Kier molecular flexibility index (Phi) is 3.59. The highest BCUT2D eigenvalue weighted by atomic mass is 35.5. The Bertz CT molecular complexity index is 560. The van der Waals surface area contributed by atoms with Crippen LogP contribution in [0.1, 0.15) is 31.9 Å². The first-order chi connectivity index (χ1) is 8.38. The van der Waals surface area contributed by atoms with Gasteiger partial charge in [-0.1, -0.05) is 50.1 Å². The van der Waals surface area contributed by atoms with Crippen molar-refractivity contribution in [1.29, 1.82) is 0 Å². The summed E-state index contributed by atoms with van der Waals surface area (Å²) in [6.07, 6.45) is 0. The van der Waals surface area contributed by atoms with Gasteiger partial charge in [-0.15, -0.1) is 4.37 Å². The van der Waals surface area contributed by atoms with Crippen LogP contribution in [0.2, 0.25) is 5.15 Å². The standard InChI is InChI=1S/C13H15ClN2OS/c1-8-5-6-10(9(7-8)13(2,3)4)17-12-11(14)15-18-16-12/h5-7H,1-4H3. The number of ether oxygens (including phenoxy) is 1. The summed E-state index contributed by atoms with van der Waals surface area (Å²) in [6, 6.07) is 6.09. The zero-order valence-corrected chi connectivity index (χ0v) is 12.4. The summed E-state index contributed by atoms with van der Waals surface area (Å²) >= 11 is 6.94. The molecule has 0 radical (unpaired) electrons. The molecule has 0 unspecified atom stereocenters. The molecule has 0 saturated heterocycles. The molecule has 5 heteroatoms. The van der Waals surface area contributed by atoms with Gasteiger partial charge in [-0.05, 0) is 18.4 Å². The molecule has 0 N–H and O–H groups in total. The van der Waals surface area contributed by atoms with E-state index in [1.165, 1.54) is 5.56 Å². The third-order valence-electron chi connectivity index (χ3n) is 2.57. The molecular weight excluding hydrogens is 268 g/mol. The molecule has 0 bridgehead atoms. The minimum Gasteiger partial charge on any atom is -0.435 e. The van der Waals surface area contributed by atoms with Gasteiger partial charge in [-0.3, -0.25) is 0 Å². The van der Waals surface area contributed by atoms with Crippen LogP contribution in [0.5, 0.6) is 11.6 Å². The van der Waals surface area contributed by atoms with Gasteiger partial charge in [0.1, 0.15) is 5.75 Å². The van der Waals surface area contributed by atoms with E-state index in [9.17, 15) is 0 Å². The molecule has 18 heavy (non-hydrogen) atoms. The molecule has 1 heterocycles. The molecule has 0 aliphatic rings. The van der Waals surface area contributed by atoms with Gasteiger partial charge in [0, 0.05) is 5.56 Å². The summed E-state index contributed by atoms with van der Waals surface area (Å²) in [7, 11) is 0. The summed E-state index contributed by atoms with van der Waals surface area (Å²) < 4.78 is 13.7. The number of aryl methyl sites for hydroxylation is 1. The zero-order chi connectivity index (χ0) is 13.3.